The van der Waals surface area contributed by atoms with Gasteiger partial charge in [0.05, 0.1) is 5.69 Å². The molecule has 0 N–H and O–H groups in total. The minimum absolute atomic E-state index is 0.941. The Bertz CT molecular complexity index is 594. The lowest BCUT2D eigenvalue weighted by Gasteiger charge is -2.31. The van der Waals surface area contributed by atoms with E-state index in [-0.39, 0.29) is 0 Å². The van der Waals surface area contributed by atoms with Crippen LogP contribution >= 0.6 is 11.9 Å². The van der Waals surface area contributed by atoms with Crippen LogP contribution in [0.4, 0.5) is 0 Å². The van der Waals surface area contributed by atoms with Crippen molar-refractivity contribution in [2.24, 2.45) is 0 Å². The van der Waals surface area contributed by atoms with Crippen molar-refractivity contribution in [3.63, 3.8) is 0 Å². The van der Waals surface area contributed by atoms with Crippen molar-refractivity contribution < 1.29 is 0 Å². The number of piperazine rings is 1. The fourth-order valence-electron chi connectivity index (χ4n) is 2.32. The first-order chi connectivity index (χ1) is 10.2. The van der Waals surface area contributed by atoms with E-state index in [9.17, 15) is 0 Å². The van der Waals surface area contributed by atoms with Crippen LogP contribution in [-0.2, 0) is 0 Å². The Morgan fingerprint density at radius 2 is 1.71 bits per heavy atom. The Morgan fingerprint density at radius 3 is 2.38 bits per heavy atom. The summed E-state index contributed by atoms with van der Waals surface area (Å²) in [6.45, 7) is 6.48. The van der Waals surface area contributed by atoms with Crippen LogP contribution in [0.15, 0.2) is 41.4 Å². The summed E-state index contributed by atoms with van der Waals surface area (Å²) in [5.41, 5.74) is 3.24. The molecule has 1 aromatic heterocycles. The minimum Gasteiger partial charge on any atom is -0.304 e. The van der Waals surface area contributed by atoms with Crippen molar-refractivity contribution in [1.29, 1.82) is 0 Å². The Hall–Kier alpha value is -1.43. The lowest BCUT2D eigenvalue weighted by molar-refractivity contribution is 0.233. The lowest BCUT2D eigenvalue weighted by Crippen LogP contribution is -2.41. The first kappa shape index (κ1) is 14.5. The molecule has 1 fully saturated rings. The quantitative estimate of drug-likeness (QED) is 0.814. The molecule has 0 saturated carbocycles. The minimum atomic E-state index is 0.941. The number of aryl methyl sites for hydroxylation is 1. The summed E-state index contributed by atoms with van der Waals surface area (Å²) in [5.74, 6) is 0. The zero-order valence-corrected chi connectivity index (χ0v) is 13.3. The highest BCUT2D eigenvalue weighted by Crippen LogP contribution is 2.26. The van der Waals surface area contributed by atoms with Gasteiger partial charge in [-0.2, -0.15) is 0 Å². The van der Waals surface area contributed by atoms with Crippen LogP contribution in [0.25, 0.3) is 11.3 Å². The fourth-order valence-corrected chi connectivity index (χ4v) is 3.19. The van der Waals surface area contributed by atoms with E-state index >= 15 is 0 Å². The molecule has 1 aliphatic heterocycles. The van der Waals surface area contributed by atoms with E-state index in [1.165, 1.54) is 5.56 Å². The Kier molecular flexibility index (Phi) is 4.53. The SMILES string of the molecule is Cc1cc(-c2ccccc2)nnc1SN1CCN(C)CC1. The molecule has 21 heavy (non-hydrogen) atoms. The van der Waals surface area contributed by atoms with E-state index in [0.717, 1.165) is 42.5 Å². The maximum Gasteiger partial charge on any atom is 0.137 e. The average molecular weight is 300 g/mol. The van der Waals surface area contributed by atoms with Crippen molar-refractivity contribution in [1.82, 2.24) is 19.4 Å². The number of hydrogen-bond acceptors (Lipinski definition) is 5. The molecule has 4 nitrogen and oxygen atoms in total. The third-order valence-electron chi connectivity index (χ3n) is 3.69. The Morgan fingerprint density at radius 1 is 1.00 bits per heavy atom. The maximum atomic E-state index is 4.43. The molecule has 0 aliphatic carbocycles. The van der Waals surface area contributed by atoms with Gasteiger partial charge in [-0.1, -0.05) is 30.3 Å². The highest BCUT2D eigenvalue weighted by Gasteiger charge is 2.17. The second-order valence-corrected chi connectivity index (χ2v) is 6.49. The van der Waals surface area contributed by atoms with E-state index in [1.54, 1.807) is 11.9 Å². The molecule has 0 amide bonds. The van der Waals surface area contributed by atoms with Crippen molar-refractivity contribution in [3.05, 3.63) is 42.0 Å². The smallest absolute Gasteiger partial charge is 0.137 e. The van der Waals surface area contributed by atoms with Crippen LogP contribution in [0.3, 0.4) is 0 Å². The van der Waals surface area contributed by atoms with E-state index in [0.29, 0.717) is 0 Å². The van der Waals surface area contributed by atoms with Crippen LogP contribution in [0, 0.1) is 6.92 Å². The monoisotopic (exact) mass is 300 g/mol. The third kappa shape index (κ3) is 3.61. The molecule has 2 heterocycles. The zero-order chi connectivity index (χ0) is 14.7. The molecule has 0 unspecified atom stereocenters. The second-order valence-electron chi connectivity index (χ2n) is 5.41. The standard InChI is InChI=1S/C16H20N4S/c1-13-12-15(14-6-4-3-5-7-14)17-18-16(13)21-20-10-8-19(2)9-11-20/h3-7,12H,8-11H2,1-2H3. The summed E-state index contributed by atoms with van der Waals surface area (Å²) in [7, 11) is 2.17. The van der Waals surface area contributed by atoms with Gasteiger partial charge in [-0.25, -0.2) is 4.31 Å². The summed E-state index contributed by atoms with van der Waals surface area (Å²) in [4.78, 5) is 2.36. The molecule has 5 heteroatoms. The lowest BCUT2D eigenvalue weighted by atomic mass is 10.1. The molecule has 1 aliphatic rings. The van der Waals surface area contributed by atoms with Gasteiger partial charge in [-0.3, -0.25) is 0 Å². The number of benzene rings is 1. The molecule has 0 radical (unpaired) electrons. The molecular weight excluding hydrogens is 280 g/mol. The predicted molar refractivity (Wildman–Crippen MR) is 87.1 cm³/mol. The molecule has 3 rings (SSSR count). The number of nitrogens with zero attached hydrogens (tertiary/aromatic N) is 4. The molecule has 110 valence electrons. The van der Waals surface area contributed by atoms with Gasteiger partial charge in [-0.05, 0) is 37.5 Å². The number of rotatable bonds is 3. The first-order valence-electron chi connectivity index (χ1n) is 7.23. The second kappa shape index (κ2) is 6.56. The van der Waals surface area contributed by atoms with Gasteiger partial charge in [0.15, 0.2) is 0 Å². The average Bonchev–Trinajstić information content (AvgIpc) is 2.52. The summed E-state index contributed by atoms with van der Waals surface area (Å²) in [6.07, 6.45) is 0. The largest absolute Gasteiger partial charge is 0.304 e. The van der Waals surface area contributed by atoms with Crippen molar-refractivity contribution >= 4 is 11.9 Å². The van der Waals surface area contributed by atoms with Crippen LogP contribution in [0.2, 0.25) is 0 Å². The van der Waals surface area contributed by atoms with Crippen molar-refractivity contribution in [3.8, 4) is 11.3 Å². The van der Waals surface area contributed by atoms with Gasteiger partial charge in [0, 0.05) is 31.7 Å². The van der Waals surface area contributed by atoms with Crippen molar-refractivity contribution in [2.45, 2.75) is 11.9 Å². The molecule has 0 atom stereocenters. The molecule has 1 aromatic carbocycles. The number of likely N-dealkylation sites (N-methyl/N-ethyl adjacent to an activating group) is 1. The van der Waals surface area contributed by atoms with Gasteiger partial charge >= 0.3 is 0 Å². The number of hydrogen-bond donors (Lipinski definition) is 0. The highest BCUT2D eigenvalue weighted by atomic mass is 32.2. The number of aromatic nitrogens is 2. The summed E-state index contributed by atoms with van der Waals surface area (Å²) >= 11 is 1.73. The van der Waals surface area contributed by atoms with Gasteiger partial charge < -0.3 is 4.90 Å². The summed E-state index contributed by atoms with van der Waals surface area (Å²) < 4.78 is 2.37. The summed E-state index contributed by atoms with van der Waals surface area (Å²) in [6, 6.07) is 12.3. The van der Waals surface area contributed by atoms with Crippen molar-refractivity contribution in [2.75, 3.05) is 33.2 Å². The Balaban J connectivity index is 1.73. The topological polar surface area (TPSA) is 32.3 Å². The van der Waals surface area contributed by atoms with Crippen LogP contribution in [0.5, 0.6) is 0 Å². The Labute approximate surface area is 130 Å². The van der Waals surface area contributed by atoms with Gasteiger partial charge in [0.1, 0.15) is 5.03 Å². The van der Waals surface area contributed by atoms with Crippen LogP contribution in [0.1, 0.15) is 5.56 Å². The van der Waals surface area contributed by atoms with Gasteiger partial charge in [0.25, 0.3) is 0 Å². The van der Waals surface area contributed by atoms with Gasteiger partial charge in [-0.15, -0.1) is 10.2 Å². The highest BCUT2D eigenvalue weighted by molar-refractivity contribution is 7.97. The van der Waals surface area contributed by atoms with Crippen LogP contribution < -0.4 is 0 Å². The summed E-state index contributed by atoms with van der Waals surface area (Å²) in [5, 5.41) is 9.82. The normalized spacial score (nSPS) is 17.0. The maximum absolute atomic E-state index is 4.43. The molecule has 0 bridgehead atoms. The van der Waals surface area contributed by atoms with E-state index in [1.807, 2.05) is 18.2 Å². The first-order valence-corrected chi connectivity index (χ1v) is 8.01. The van der Waals surface area contributed by atoms with Gasteiger partial charge in [0.2, 0.25) is 0 Å². The van der Waals surface area contributed by atoms with E-state index in [2.05, 4.69) is 51.6 Å². The van der Waals surface area contributed by atoms with E-state index in [4.69, 9.17) is 0 Å². The van der Waals surface area contributed by atoms with E-state index < -0.39 is 0 Å². The zero-order valence-electron chi connectivity index (χ0n) is 12.5. The third-order valence-corrected chi connectivity index (χ3v) is 4.89. The molecule has 1 saturated heterocycles. The van der Waals surface area contributed by atoms with Crippen LogP contribution in [-0.4, -0.2) is 52.6 Å². The molecular formula is C16H20N4S. The fraction of sp³-hybridized carbons (Fsp3) is 0.375. The predicted octanol–water partition coefficient (Wildman–Crippen LogP) is 2.71. The molecule has 2 aromatic rings. The molecule has 0 spiro atoms.